The van der Waals surface area contributed by atoms with Gasteiger partial charge in [0, 0.05) is 42.0 Å². The minimum atomic E-state index is 0.119. The SMILES string of the molecule is O=C(Cn1cc(C=Nc2ccc(-c3ccccc3)cc2)c2ccccc21)N1CCOCC1. The first-order valence-corrected chi connectivity index (χ1v) is 10.9. The van der Waals surface area contributed by atoms with Crippen molar-refractivity contribution >= 4 is 28.7 Å². The summed E-state index contributed by atoms with van der Waals surface area (Å²) in [6, 6.07) is 26.7. The van der Waals surface area contributed by atoms with Crippen LogP contribution in [0.5, 0.6) is 0 Å². The van der Waals surface area contributed by atoms with Crippen LogP contribution in [0.1, 0.15) is 5.56 Å². The number of hydrogen-bond donors (Lipinski definition) is 0. The van der Waals surface area contributed by atoms with Gasteiger partial charge >= 0.3 is 0 Å². The first-order chi connectivity index (χ1) is 15.8. The molecule has 1 amide bonds. The van der Waals surface area contributed by atoms with Crippen LogP contribution in [0.3, 0.4) is 0 Å². The van der Waals surface area contributed by atoms with Crippen LogP contribution in [-0.4, -0.2) is 47.9 Å². The van der Waals surface area contributed by atoms with Gasteiger partial charge in [0.15, 0.2) is 0 Å². The number of amides is 1. The molecule has 4 aromatic rings. The van der Waals surface area contributed by atoms with Crippen LogP contribution in [0.15, 0.2) is 90.1 Å². The van der Waals surface area contributed by atoms with E-state index < -0.39 is 0 Å². The highest BCUT2D eigenvalue weighted by molar-refractivity contribution is 6.00. The average Bonchev–Trinajstić information content (AvgIpc) is 3.21. The number of morpholine rings is 1. The van der Waals surface area contributed by atoms with Crippen molar-refractivity contribution in [2.24, 2.45) is 4.99 Å². The molecule has 0 bridgehead atoms. The molecule has 0 saturated carbocycles. The fourth-order valence-corrected chi connectivity index (χ4v) is 4.08. The number of para-hydroxylation sites is 1. The topological polar surface area (TPSA) is 46.8 Å². The monoisotopic (exact) mass is 423 g/mol. The number of nitrogens with zero attached hydrogens (tertiary/aromatic N) is 3. The maximum atomic E-state index is 12.8. The van der Waals surface area contributed by atoms with Gasteiger partial charge in [-0.3, -0.25) is 9.79 Å². The Morgan fingerprint density at radius 2 is 1.56 bits per heavy atom. The Hall–Kier alpha value is -3.70. The lowest BCUT2D eigenvalue weighted by atomic mass is 10.1. The van der Waals surface area contributed by atoms with Crippen molar-refractivity contribution in [2.75, 3.05) is 26.3 Å². The molecule has 1 saturated heterocycles. The van der Waals surface area contributed by atoms with Crippen molar-refractivity contribution in [2.45, 2.75) is 6.54 Å². The summed E-state index contributed by atoms with van der Waals surface area (Å²) in [5, 5.41) is 1.09. The zero-order valence-electron chi connectivity index (χ0n) is 17.9. The second-order valence-electron chi connectivity index (χ2n) is 7.89. The first-order valence-electron chi connectivity index (χ1n) is 10.9. The summed E-state index contributed by atoms with van der Waals surface area (Å²) in [6.45, 7) is 2.86. The molecule has 0 spiro atoms. The molecule has 0 atom stereocenters. The van der Waals surface area contributed by atoms with Crippen LogP contribution >= 0.6 is 0 Å². The van der Waals surface area contributed by atoms with Crippen LogP contribution in [0, 0.1) is 0 Å². The van der Waals surface area contributed by atoms with Crippen LogP contribution in [0.25, 0.3) is 22.0 Å². The number of fused-ring (bicyclic) bond motifs is 1. The lowest BCUT2D eigenvalue weighted by Crippen LogP contribution is -2.42. The molecule has 0 aliphatic carbocycles. The van der Waals surface area contributed by atoms with Crippen molar-refractivity contribution < 1.29 is 9.53 Å². The van der Waals surface area contributed by atoms with Gasteiger partial charge in [-0.15, -0.1) is 0 Å². The van der Waals surface area contributed by atoms with Gasteiger partial charge in [0.2, 0.25) is 5.91 Å². The zero-order chi connectivity index (χ0) is 21.8. The van der Waals surface area contributed by atoms with E-state index in [1.54, 1.807) is 0 Å². The highest BCUT2D eigenvalue weighted by Crippen LogP contribution is 2.24. The molecule has 160 valence electrons. The second kappa shape index (κ2) is 9.20. The molecule has 0 N–H and O–H groups in total. The summed E-state index contributed by atoms with van der Waals surface area (Å²) in [5.41, 5.74) is 5.29. The normalized spacial score (nSPS) is 14.3. The molecule has 1 aliphatic rings. The largest absolute Gasteiger partial charge is 0.378 e. The molecule has 0 unspecified atom stereocenters. The number of aromatic nitrogens is 1. The number of aliphatic imine (C=N–C) groups is 1. The Bertz CT molecular complexity index is 1240. The van der Waals surface area contributed by atoms with Gasteiger partial charge in [-0.2, -0.15) is 0 Å². The molecule has 1 aromatic heterocycles. The maximum Gasteiger partial charge on any atom is 0.242 e. The minimum Gasteiger partial charge on any atom is -0.378 e. The van der Waals surface area contributed by atoms with Crippen molar-refractivity contribution in [3.05, 3.63) is 90.6 Å². The van der Waals surface area contributed by atoms with Gasteiger partial charge in [-0.25, -0.2) is 0 Å². The maximum absolute atomic E-state index is 12.8. The number of ether oxygens (including phenoxy) is 1. The van der Waals surface area contributed by atoms with Crippen LogP contribution < -0.4 is 0 Å². The molecule has 1 aliphatic heterocycles. The quantitative estimate of drug-likeness (QED) is 0.428. The number of hydrogen-bond acceptors (Lipinski definition) is 3. The molecule has 2 heterocycles. The van der Waals surface area contributed by atoms with E-state index >= 15 is 0 Å². The highest BCUT2D eigenvalue weighted by Gasteiger charge is 2.18. The summed E-state index contributed by atoms with van der Waals surface area (Å²) in [5.74, 6) is 0.119. The van der Waals surface area contributed by atoms with E-state index in [-0.39, 0.29) is 5.91 Å². The molecule has 0 radical (unpaired) electrons. The van der Waals surface area contributed by atoms with Crippen molar-refractivity contribution in [3.63, 3.8) is 0 Å². The fraction of sp³-hybridized carbons (Fsp3) is 0.185. The summed E-state index contributed by atoms with van der Waals surface area (Å²) < 4.78 is 7.38. The molecule has 1 fully saturated rings. The van der Waals surface area contributed by atoms with Gasteiger partial charge < -0.3 is 14.2 Å². The van der Waals surface area contributed by atoms with E-state index in [4.69, 9.17) is 9.73 Å². The second-order valence-corrected chi connectivity index (χ2v) is 7.89. The minimum absolute atomic E-state index is 0.119. The van der Waals surface area contributed by atoms with Gasteiger partial charge in [0.25, 0.3) is 0 Å². The third kappa shape index (κ3) is 4.34. The standard InChI is InChI=1S/C27H25N3O2/c31-27(29-14-16-32-17-15-29)20-30-19-23(25-8-4-5-9-26(25)30)18-28-24-12-10-22(11-13-24)21-6-2-1-3-7-21/h1-13,18-19H,14-17,20H2. The average molecular weight is 424 g/mol. The van der Waals surface area contributed by atoms with Gasteiger partial charge in [-0.05, 0) is 29.3 Å². The lowest BCUT2D eigenvalue weighted by molar-refractivity contribution is -0.135. The fourth-order valence-electron chi connectivity index (χ4n) is 4.08. The summed E-state index contributed by atoms with van der Waals surface area (Å²) in [7, 11) is 0. The van der Waals surface area contributed by atoms with Crippen LogP contribution in [0.4, 0.5) is 5.69 Å². The van der Waals surface area contributed by atoms with Crippen LogP contribution in [-0.2, 0) is 16.1 Å². The zero-order valence-corrected chi connectivity index (χ0v) is 17.9. The van der Waals surface area contributed by atoms with E-state index in [2.05, 4.69) is 30.3 Å². The number of rotatable bonds is 5. The van der Waals surface area contributed by atoms with E-state index in [1.807, 2.05) is 70.4 Å². The first kappa shape index (κ1) is 20.2. The molecule has 5 nitrogen and oxygen atoms in total. The molecule has 32 heavy (non-hydrogen) atoms. The predicted molar refractivity (Wildman–Crippen MR) is 128 cm³/mol. The number of carbonyl (C=O) groups is 1. The predicted octanol–water partition coefficient (Wildman–Crippen LogP) is 4.92. The van der Waals surface area contributed by atoms with E-state index in [0.717, 1.165) is 22.2 Å². The lowest BCUT2D eigenvalue weighted by Gasteiger charge is -2.27. The molecule has 3 aromatic carbocycles. The van der Waals surface area contributed by atoms with Crippen LogP contribution in [0.2, 0.25) is 0 Å². The van der Waals surface area contributed by atoms with Crippen molar-refractivity contribution in [1.29, 1.82) is 0 Å². The van der Waals surface area contributed by atoms with Gasteiger partial charge in [0.05, 0.1) is 18.9 Å². The summed E-state index contributed by atoms with van der Waals surface area (Å²) >= 11 is 0. The third-order valence-electron chi connectivity index (χ3n) is 5.82. The molecular weight excluding hydrogens is 398 g/mol. The van der Waals surface area contributed by atoms with Crippen molar-refractivity contribution in [3.8, 4) is 11.1 Å². The molecular formula is C27H25N3O2. The Morgan fingerprint density at radius 1 is 0.875 bits per heavy atom. The summed E-state index contributed by atoms with van der Waals surface area (Å²) in [4.78, 5) is 19.3. The molecule has 5 rings (SSSR count). The van der Waals surface area contributed by atoms with Gasteiger partial charge in [0.1, 0.15) is 6.54 Å². The number of benzene rings is 3. The summed E-state index contributed by atoms with van der Waals surface area (Å²) in [6.07, 6.45) is 3.90. The van der Waals surface area contributed by atoms with Gasteiger partial charge in [-0.1, -0.05) is 60.7 Å². The van der Waals surface area contributed by atoms with E-state index in [9.17, 15) is 4.79 Å². The number of carbonyl (C=O) groups excluding carboxylic acids is 1. The Labute approximate surface area is 187 Å². The Kier molecular flexibility index (Phi) is 5.81. The van der Waals surface area contributed by atoms with E-state index in [1.165, 1.54) is 11.1 Å². The third-order valence-corrected chi connectivity index (χ3v) is 5.82. The Morgan fingerprint density at radius 3 is 2.34 bits per heavy atom. The van der Waals surface area contributed by atoms with E-state index in [0.29, 0.717) is 32.8 Å². The highest BCUT2D eigenvalue weighted by atomic mass is 16.5. The molecule has 5 heteroatoms. The Balaban J connectivity index is 1.37. The smallest absolute Gasteiger partial charge is 0.242 e. The van der Waals surface area contributed by atoms with Crippen molar-refractivity contribution in [1.82, 2.24) is 9.47 Å².